The van der Waals surface area contributed by atoms with E-state index in [1.807, 2.05) is 18.2 Å². The average Bonchev–Trinajstić information content (AvgIpc) is 2.82. The monoisotopic (exact) mass is 388 g/mol. The number of guanidine groups is 1. The molecule has 0 aromatic heterocycles. The molecule has 0 saturated heterocycles. The predicted octanol–water partition coefficient (Wildman–Crippen LogP) is 3.53. The van der Waals surface area contributed by atoms with Gasteiger partial charge < -0.3 is 16.2 Å². The number of carbonyl (C=O) groups excluding carboxylic acids is 1. The lowest BCUT2D eigenvalue weighted by Crippen LogP contribution is -2.33. The zero-order valence-electron chi connectivity index (χ0n) is 16.7. The van der Waals surface area contributed by atoms with Gasteiger partial charge in [0.05, 0.1) is 4.91 Å². The molecule has 5 N–H and O–H groups in total. The maximum absolute atomic E-state index is 12.0. The van der Waals surface area contributed by atoms with E-state index in [0.717, 1.165) is 16.7 Å². The number of hydrogen-bond donors (Lipinski definition) is 4. The number of phenolic OH excluding ortho intramolecular Hbond substituents is 1. The number of phenols is 1. The Morgan fingerprint density at radius 1 is 1.22 bits per heavy atom. The first-order valence-corrected chi connectivity index (χ1v) is 9.59. The second-order valence-electron chi connectivity index (χ2n) is 8.67. The molecule has 1 aromatic carbocycles. The molecule has 0 spiro atoms. The third kappa shape index (κ3) is 5.13. The van der Waals surface area contributed by atoms with Crippen molar-refractivity contribution < 1.29 is 9.90 Å². The zero-order chi connectivity index (χ0) is 20.6. The fourth-order valence-electron chi connectivity index (χ4n) is 2.78. The highest BCUT2D eigenvalue weighted by Gasteiger charge is 2.27. The molecule has 27 heavy (non-hydrogen) atoms. The van der Waals surface area contributed by atoms with Crippen molar-refractivity contribution in [2.75, 3.05) is 0 Å². The largest absolute Gasteiger partial charge is 0.507 e. The Morgan fingerprint density at radius 3 is 2.19 bits per heavy atom. The summed E-state index contributed by atoms with van der Waals surface area (Å²) in [6, 6.07) is 4.00. The van der Waals surface area contributed by atoms with Gasteiger partial charge in [-0.15, -0.1) is 0 Å². The van der Waals surface area contributed by atoms with Gasteiger partial charge in [-0.25, -0.2) is 0 Å². The maximum atomic E-state index is 12.0. The van der Waals surface area contributed by atoms with Crippen molar-refractivity contribution in [3.05, 3.63) is 39.8 Å². The van der Waals surface area contributed by atoms with E-state index in [-0.39, 0.29) is 22.7 Å². The molecule has 0 unspecified atom stereocenters. The molecule has 1 aromatic rings. The molecule has 0 fully saturated rings. The molecule has 0 aliphatic carbocycles. The van der Waals surface area contributed by atoms with Crippen molar-refractivity contribution >= 4 is 28.8 Å². The van der Waals surface area contributed by atoms with Crippen molar-refractivity contribution in [2.24, 2.45) is 10.7 Å². The smallest absolute Gasteiger partial charge is 0.285 e. The molecule has 2 rings (SSSR count). The lowest BCUT2D eigenvalue weighted by Gasteiger charge is -2.28. The summed E-state index contributed by atoms with van der Waals surface area (Å²) in [5.41, 5.74) is 7.69. The SMILES string of the molecule is CC(C)(C)c1cc(CC=C2SC(NC(=N)N)=NC2=O)cc(C(C)(C)C)c1O. The standard InChI is InChI=1S/C20H28N4O2S/c1-19(2,3)12-9-11(10-13(15(12)25)20(4,5)6)7-8-14-16(26)23-18(27-14)24-17(21)22/h8-10,25H,7H2,1-6H3,(H4,21,22,23,24,26). The van der Waals surface area contributed by atoms with Crippen LogP contribution in [-0.2, 0) is 22.0 Å². The van der Waals surface area contributed by atoms with Crippen LogP contribution in [0.25, 0.3) is 0 Å². The van der Waals surface area contributed by atoms with Crippen molar-refractivity contribution in [1.82, 2.24) is 5.32 Å². The van der Waals surface area contributed by atoms with Crippen LogP contribution in [0.5, 0.6) is 5.75 Å². The van der Waals surface area contributed by atoms with Gasteiger partial charge in [-0.1, -0.05) is 59.8 Å². The van der Waals surface area contributed by atoms with Crippen molar-refractivity contribution in [2.45, 2.75) is 58.8 Å². The third-order valence-electron chi connectivity index (χ3n) is 4.17. The number of aromatic hydroxyl groups is 1. The van der Waals surface area contributed by atoms with E-state index < -0.39 is 0 Å². The Morgan fingerprint density at radius 2 is 1.74 bits per heavy atom. The number of allylic oxidation sites excluding steroid dienone is 1. The van der Waals surface area contributed by atoms with Crippen LogP contribution >= 0.6 is 11.8 Å². The Balaban J connectivity index is 2.35. The highest BCUT2D eigenvalue weighted by molar-refractivity contribution is 8.18. The molecule has 146 valence electrons. The molecule has 0 radical (unpaired) electrons. The summed E-state index contributed by atoms with van der Waals surface area (Å²) in [6.45, 7) is 12.4. The van der Waals surface area contributed by atoms with Crippen LogP contribution < -0.4 is 11.1 Å². The summed E-state index contributed by atoms with van der Waals surface area (Å²) < 4.78 is 0. The summed E-state index contributed by atoms with van der Waals surface area (Å²) in [6.07, 6.45) is 2.37. The van der Waals surface area contributed by atoms with E-state index in [1.54, 1.807) is 0 Å². The van der Waals surface area contributed by atoms with E-state index in [9.17, 15) is 9.90 Å². The van der Waals surface area contributed by atoms with Crippen LogP contribution in [0, 0.1) is 5.41 Å². The molecule has 7 heteroatoms. The summed E-state index contributed by atoms with van der Waals surface area (Å²) in [4.78, 5) is 16.4. The summed E-state index contributed by atoms with van der Waals surface area (Å²) in [5, 5.41) is 20.9. The predicted molar refractivity (Wildman–Crippen MR) is 112 cm³/mol. The highest BCUT2D eigenvalue weighted by atomic mass is 32.2. The van der Waals surface area contributed by atoms with Gasteiger partial charge in [0.1, 0.15) is 5.75 Å². The fraction of sp³-hybridized carbons (Fsp3) is 0.450. The zero-order valence-corrected chi connectivity index (χ0v) is 17.5. The number of nitrogens with one attached hydrogen (secondary N) is 2. The normalized spacial score (nSPS) is 16.6. The van der Waals surface area contributed by atoms with Gasteiger partial charge in [-0.2, -0.15) is 4.99 Å². The van der Waals surface area contributed by atoms with E-state index in [1.165, 1.54) is 11.8 Å². The van der Waals surface area contributed by atoms with E-state index >= 15 is 0 Å². The number of carbonyl (C=O) groups is 1. The first kappa shape index (κ1) is 21.0. The molecular weight excluding hydrogens is 360 g/mol. The number of thioether (sulfide) groups is 1. The van der Waals surface area contributed by atoms with Crippen LogP contribution in [0.3, 0.4) is 0 Å². The van der Waals surface area contributed by atoms with Crippen molar-refractivity contribution in [1.29, 1.82) is 5.41 Å². The third-order valence-corrected chi connectivity index (χ3v) is 5.12. The molecule has 0 saturated carbocycles. The Kier molecular flexibility index (Phi) is 5.75. The van der Waals surface area contributed by atoms with Crippen LogP contribution in [-0.4, -0.2) is 22.1 Å². The van der Waals surface area contributed by atoms with Gasteiger partial charge in [-0.05, 0) is 45.7 Å². The lowest BCUT2D eigenvalue weighted by atomic mass is 9.78. The number of amidine groups is 1. The molecule has 0 bridgehead atoms. The molecule has 1 aliphatic heterocycles. The fourth-order valence-corrected chi connectivity index (χ4v) is 3.58. The van der Waals surface area contributed by atoms with E-state index in [4.69, 9.17) is 11.1 Å². The summed E-state index contributed by atoms with van der Waals surface area (Å²) >= 11 is 1.17. The summed E-state index contributed by atoms with van der Waals surface area (Å²) in [5.74, 6) is -0.248. The second kappa shape index (κ2) is 7.38. The second-order valence-corrected chi connectivity index (χ2v) is 9.71. The average molecular weight is 389 g/mol. The van der Waals surface area contributed by atoms with Crippen LogP contribution in [0.15, 0.2) is 28.1 Å². The number of benzene rings is 1. The van der Waals surface area contributed by atoms with Gasteiger partial charge in [0.15, 0.2) is 11.1 Å². The van der Waals surface area contributed by atoms with Gasteiger partial charge in [-0.3, -0.25) is 10.2 Å². The van der Waals surface area contributed by atoms with E-state index in [2.05, 4.69) is 51.9 Å². The van der Waals surface area contributed by atoms with Crippen LogP contribution in [0.4, 0.5) is 0 Å². The van der Waals surface area contributed by atoms with Crippen LogP contribution in [0.2, 0.25) is 0 Å². The lowest BCUT2D eigenvalue weighted by molar-refractivity contribution is -0.113. The number of amides is 1. The Labute approximate surface area is 164 Å². The van der Waals surface area contributed by atoms with Crippen molar-refractivity contribution in [3.8, 4) is 5.75 Å². The minimum Gasteiger partial charge on any atom is -0.507 e. The van der Waals surface area contributed by atoms with Gasteiger partial charge in [0, 0.05) is 0 Å². The van der Waals surface area contributed by atoms with E-state index in [0.29, 0.717) is 22.2 Å². The molecule has 1 aliphatic rings. The molecule has 0 atom stereocenters. The Hall–Kier alpha value is -2.28. The number of hydrogen-bond acceptors (Lipinski definition) is 4. The van der Waals surface area contributed by atoms with Crippen molar-refractivity contribution in [3.63, 3.8) is 0 Å². The highest BCUT2D eigenvalue weighted by Crippen LogP contribution is 2.40. The molecule has 6 nitrogen and oxygen atoms in total. The quantitative estimate of drug-likeness (QED) is 0.352. The molecule has 1 amide bonds. The Bertz CT molecular complexity index is 808. The number of aliphatic imine (C=N–C) groups is 1. The van der Waals surface area contributed by atoms with Gasteiger partial charge >= 0.3 is 0 Å². The first-order valence-electron chi connectivity index (χ1n) is 8.78. The number of rotatable bonds is 2. The maximum Gasteiger partial charge on any atom is 0.285 e. The number of nitrogens with zero attached hydrogens (tertiary/aromatic N) is 1. The molecular formula is C20H28N4O2S. The minimum absolute atomic E-state index is 0.202. The topological polar surface area (TPSA) is 112 Å². The summed E-state index contributed by atoms with van der Waals surface area (Å²) in [7, 11) is 0. The minimum atomic E-state index is -0.338. The number of nitrogens with two attached hydrogens (primary N) is 1. The van der Waals surface area contributed by atoms with Crippen LogP contribution in [0.1, 0.15) is 58.2 Å². The molecule has 1 heterocycles. The van der Waals surface area contributed by atoms with Gasteiger partial charge in [0.2, 0.25) is 0 Å². The first-order chi connectivity index (χ1) is 12.3. The van der Waals surface area contributed by atoms with Gasteiger partial charge in [0.25, 0.3) is 5.91 Å².